The van der Waals surface area contributed by atoms with Crippen molar-refractivity contribution in [1.82, 2.24) is 25.1 Å². The number of imide groups is 1. The number of likely N-dealkylation sites (tertiary alicyclic amines) is 1. The van der Waals surface area contributed by atoms with E-state index in [-0.39, 0.29) is 29.7 Å². The van der Waals surface area contributed by atoms with Crippen LogP contribution in [0.1, 0.15) is 63.2 Å². The van der Waals surface area contributed by atoms with Crippen LogP contribution >= 0.6 is 0 Å². The first-order valence-electron chi connectivity index (χ1n) is 12.3. The number of hydrogen-bond acceptors (Lipinski definition) is 6. The fourth-order valence-corrected chi connectivity index (χ4v) is 6.41. The molecule has 7 nitrogen and oxygen atoms in total. The number of hydrogen-bond donors (Lipinski definition) is 1. The molecule has 4 aliphatic rings. The third kappa shape index (κ3) is 4.27. The fourth-order valence-electron chi connectivity index (χ4n) is 6.41. The average molecular weight is 426 g/mol. The van der Waals surface area contributed by atoms with Crippen LogP contribution < -0.4 is 5.32 Å². The van der Waals surface area contributed by atoms with Crippen LogP contribution in [0.15, 0.2) is 18.5 Å². The summed E-state index contributed by atoms with van der Waals surface area (Å²) >= 11 is 0. The van der Waals surface area contributed by atoms with Crippen molar-refractivity contribution in [2.45, 2.75) is 57.4 Å². The molecule has 2 aliphatic carbocycles. The number of fused-ring (bicyclic) bond motifs is 1. The van der Waals surface area contributed by atoms with E-state index >= 15 is 0 Å². The monoisotopic (exact) mass is 425 g/mol. The molecule has 2 saturated carbocycles. The number of aromatic nitrogens is 2. The lowest BCUT2D eigenvalue weighted by Crippen LogP contribution is -2.50. The van der Waals surface area contributed by atoms with E-state index in [0.29, 0.717) is 18.4 Å². The Labute approximate surface area is 185 Å². The second kappa shape index (κ2) is 9.33. The molecule has 1 N–H and O–H groups in total. The lowest BCUT2D eigenvalue weighted by atomic mass is 9.78. The van der Waals surface area contributed by atoms with Crippen LogP contribution in [0.5, 0.6) is 0 Å². The van der Waals surface area contributed by atoms with Crippen LogP contribution in [-0.2, 0) is 9.59 Å². The van der Waals surface area contributed by atoms with Crippen LogP contribution in [0.2, 0.25) is 0 Å². The van der Waals surface area contributed by atoms with Gasteiger partial charge in [-0.3, -0.25) is 19.4 Å². The van der Waals surface area contributed by atoms with Crippen LogP contribution in [-0.4, -0.2) is 64.3 Å². The summed E-state index contributed by atoms with van der Waals surface area (Å²) in [4.78, 5) is 39.3. The second-order valence-corrected chi connectivity index (χ2v) is 9.91. The minimum atomic E-state index is -0.0314. The van der Waals surface area contributed by atoms with Gasteiger partial charge < -0.3 is 5.32 Å². The molecule has 2 aliphatic heterocycles. The Morgan fingerprint density at radius 3 is 2.16 bits per heavy atom. The Hall–Kier alpha value is -1.86. The average Bonchev–Trinajstić information content (AvgIpc) is 3.06. The van der Waals surface area contributed by atoms with E-state index in [9.17, 15) is 9.59 Å². The maximum Gasteiger partial charge on any atom is 0.233 e. The van der Waals surface area contributed by atoms with Crippen LogP contribution in [0, 0.1) is 23.7 Å². The maximum absolute atomic E-state index is 13.0. The third-order valence-electron chi connectivity index (χ3n) is 8.12. The summed E-state index contributed by atoms with van der Waals surface area (Å²) < 4.78 is 0. The largest absolute Gasteiger partial charge is 0.313 e. The van der Waals surface area contributed by atoms with Crippen molar-refractivity contribution in [3.05, 3.63) is 24.3 Å². The molecule has 0 spiro atoms. The molecule has 1 aromatic rings. The molecule has 0 radical (unpaired) electrons. The van der Waals surface area contributed by atoms with Gasteiger partial charge in [0.15, 0.2) is 0 Å². The first-order valence-corrected chi connectivity index (χ1v) is 12.3. The van der Waals surface area contributed by atoms with E-state index in [0.717, 1.165) is 64.1 Å². The number of piperazine rings is 1. The van der Waals surface area contributed by atoms with Crippen molar-refractivity contribution in [2.24, 2.45) is 23.7 Å². The van der Waals surface area contributed by atoms with Gasteiger partial charge in [0.05, 0.1) is 17.9 Å². The normalized spacial score (nSPS) is 34.7. The van der Waals surface area contributed by atoms with E-state index in [2.05, 4.69) is 20.2 Å². The molecule has 0 aromatic carbocycles. The summed E-state index contributed by atoms with van der Waals surface area (Å²) in [5.74, 6) is 1.99. The highest BCUT2D eigenvalue weighted by Crippen LogP contribution is 2.40. The molecule has 7 heteroatoms. The van der Waals surface area contributed by atoms with Gasteiger partial charge in [0.2, 0.25) is 11.8 Å². The predicted molar refractivity (Wildman–Crippen MR) is 117 cm³/mol. The van der Waals surface area contributed by atoms with Crippen LogP contribution in [0.4, 0.5) is 0 Å². The van der Waals surface area contributed by atoms with Crippen LogP contribution in [0.25, 0.3) is 0 Å². The minimum absolute atomic E-state index is 0.0314. The molecule has 3 heterocycles. The molecule has 5 atom stereocenters. The molecule has 1 aromatic heterocycles. The van der Waals surface area contributed by atoms with Crippen molar-refractivity contribution >= 4 is 11.8 Å². The molecule has 2 saturated heterocycles. The Balaban J connectivity index is 1.28. The van der Waals surface area contributed by atoms with Gasteiger partial charge in [-0.2, -0.15) is 0 Å². The van der Waals surface area contributed by atoms with Gasteiger partial charge in [0.25, 0.3) is 0 Å². The molecular weight excluding hydrogens is 390 g/mol. The molecule has 5 rings (SSSR count). The molecule has 4 fully saturated rings. The quantitative estimate of drug-likeness (QED) is 0.730. The maximum atomic E-state index is 13.0. The molecule has 168 valence electrons. The molecule has 31 heavy (non-hydrogen) atoms. The zero-order valence-electron chi connectivity index (χ0n) is 18.4. The Morgan fingerprint density at radius 2 is 1.48 bits per heavy atom. The minimum Gasteiger partial charge on any atom is -0.313 e. The zero-order valence-corrected chi connectivity index (χ0v) is 18.4. The highest BCUT2D eigenvalue weighted by atomic mass is 16.2. The molecular formula is C24H35N5O2. The number of nitrogens with one attached hydrogen (secondary N) is 1. The Morgan fingerprint density at radius 1 is 0.871 bits per heavy atom. The van der Waals surface area contributed by atoms with Crippen molar-refractivity contribution in [3.63, 3.8) is 0 Å². The van der Waals surface area contributed by atoms with E-state index in [1.54, 1.807) is 4.90 Å². The summed E-state index contributed by atoms with van der Waals surface area (Å²) in [7, 11) is 0. The highest BCUT2D eigenvalue weighted by Gasteiger charge is 2.49. The van der Waals surface area contributed by atoms with E-state index in [1.807, 2.05) is 18.5 Å². The Kier molecular flexibility index (Phi) is 6.32. The van der Waals surface area contributed by atoms with Gasteiger partial charge in [0.1, 0.15) is 5.82 Å². The standard InChI is InChI=1S/C24H35N5O2/c30-23-19-8-3-4-9-20(19)24(31)29(23)16-18-7-2-1-6-17(18)15-28-13-12-25-14-21(28)22-26-10-5-11-27-22/h5,10-11,17-21,25H,1-4,6-9,12-16H2. The summed E-state index contributed by atoms with van der Waals surface area (Å²) in [5, 5.41) is 3.49. The van der Waals surface area contributed by atoms with E-state index in [4.69, 9.17) is 0 Å². The van der Waals surface area contributed by atoms with E-state index < -0.39 is 0 Å². The number of carbonyl (C=O) groups excluding carboxylic acids is 2. The predicted octanol–water partition coefficient (Wildman–Crippen LogP) is 2.40. The molecule has 0 bridgehead atoms. The van der Waals surface area contributed by atoms with Crippen molar-refractivity contribution in [1.29, 1.82) is 0 Å². The second-order valence-electron chi connectivity index (χ2n) is 9.91. The lowest BCUT2D eigenvalue weighted by Gasteiger charge is -2.41. The summed E-state index contributed by atoms with van der Waals surface area (Å²) in [6.07, 6.45) is 12.4. The van der Waals surface area contributed by atoms with E-state index in [1.165, 1.54) is 19.3 Å². The van der Waals surface area contributed by atoms with Crippen molar-refractivity contribution in [2.75, 3.05) is 32.7 Å². The number of carbonyl (C=O) groups is 2. The van der Waals surface area contributed by atoms with Gasteiger partial charge in [-0.15, -0.1) is 0 Å². The molecule has 2 amide bonds. The van der Waals surface area contributed by atoms with Gasteiger partial charge >= 0.3 is 0 Å². The lowest BCUT2D eigenvalue weighted by molar-refractivity contribution is -0.141. The summed E-state index contributed by atoms with van der Waals surface area (Å²) in [6.45, 7) is 4.46. The first kappa shape index (κ1) is 21.0. The van der Waals surface area contributed by atoms with Crippen molar-refractivity contribution in [3.8, 4) is 0 Å². The Bertz CT molecular complexity index is 763. The zero-order chi connectivity index (χ0) is 21.2. The summed E-state index contributed by atoms with van der Waals surface area (Å²) in [6, 6.07) is 2.05. The third-order valence-corrected chi connectivity index (χ3v) is 8.12. The molecule has 5 unspecified atom stereocenters. The first-order chi connectivity index (χ1) is 15.2. The SMILES string of the molecule is O=C1C2CCCCC2C(=O)N1CC1CCCCC1CN1CCNCC1c1ncccn1. The van der Waals surface area contributed by atoms with Gasteiger partial charge in [-0.25, -0.2) is 9.97 Å². The topological polar surface area (TPSA) is 78.4 Å². The van der Waals surface area contributed by atoms with Crippen LogP contribution in [0.3, 0.4) is 0 Å². The van der Waals surface area contributed by atoms with Gasteiger partial charge in [0, 0.05) is 45.1 Å². The fraction of sp³-hybridized carbons (Fsp3) is 0.750. The van der Waals surface area contributed by atoms with Gasteiger partial charge in [-0.05, 0) is 43.6 Å². The summed E-state index contributed by atoms with van der Waals surface area (Å²) in [5.41, 5.74) is 0. The van der Waals surface area contributed by atoms with Gasteiger partial charge in [-0.1, -0.05) is 25.7 Å². The highest BCUT2D eigenvalue weighted by molar-refractivity contribution is 6.05. The number of amides is 2. The number of nitrogens with zero attached hydrogens (tertiary/aromatic N) is 4. The number of rotatable bonds is 5. The smallest absolute Gasteiger partial charge is 0.233 e. The van der Waals surface area contributed by atoms with Crippen molar-refractivity contribution < 1.29 is 9.59 Å².